The summed E-state index contributed by atoms with van der Waals surface area (Å²) in [6.45, 7) is 12.5. The van der Waals surface area contributed by atoms with Gasteiger partial charge in [0.1, 0.15) is 0 Å². The number of unbranched alkanes of at least 4 members (excludes halogenated alkanes) is 2. The number of nitrogens with one attached hydrogen (secondary N) is 1. The van der Waals surface area contributed by atoms with Crippen LogP contribution in [-0.4, -0.2) is 63.1 Å². The van der Waals surface area contributed by atoms with E-state index in [0.717, 1.165) is 83.2 Å². The van der Waals surface area contributed by atoms with E-state index in [-0.39, 0.29) is 6.10 Å². The van der Waals surface area contributed by atoms with E-state index in [1.54, 1.807) is 0 Å². The van der Waals surface area contributed by atoms with Gasteiger partial charge in [-0.3, -0.25) is 0 Å². The number of nitrogens with zero attached hydrogens (tertiary/aromatic N) is 4. The van der Waals surface area contributed by atoms with Crippen LogP contribution in [0.4, 0.5) is 5.95 Å². The predicted octanol–water partition coefficient (Wildman–Crippen LogP) is 6.16. The van der Waals surface area contributed by atoms with Crippen molar-refractivity contribution >= 4 is 17.0 Å². The van der Waals surface area contributed by atoms with Gasteiger partial charge in [-0.2, -0.15) is 0 Å². The molecule has 2 aliphatic carbocycles. The summed E-state index contributed by atoms with van der Waals surface area (Å²) in [5.41, 5.74) is 6.34. The average Bonchev–Trinajstić information content (AvgIpc) is 3.32. The summed E-state index contributed by atoms with van der Waals surface area (Å²) >= 11 is 0. The second kappa shape index (κ2) is 12.6. The Morgan fingerprint density at radius 1 is 1.18 bits per heavy atom. The standard InChI is InChI=1S/C31H47N5O2/c1-4-5-6-7-22(2)33-31-32-21-30-28(20-29(36(30)34-31)26-12-14-27(37)15-13-26)25-10-8-24(9-11-25)23(3)35-16-18-38-19-17-35/h10,20-22,24,26-27,37H,3-9,11-19H2,1-2H3,(H,33,34)/t22-,24+,26?,27?/m0/s1. The van der Waals surface area contributed by atoms with Gasteiger partial charge in [0.2, 0.25) is 5.95 Å². The van der Waals surface area contributed by atoms with E-state index in [1.165, 1.54) is 41.8 Å². The molecule has 2 aromatic heterocycles. The highest BCUT2D eigenvalue weighted by Gasteiger charge is 2.28. The van der Waals surface area contributed by atoms with Gasteiger partial charge in [0.25, 0.3) is 0 Å². The van der Waals surface area contributed by atoms with E-state index in [9.17, 15) is 5.11 Å². The highest BCUT2D eigenvalue weighted by molar-refractivity contribution is 5.80. The minimum absolute atomic E-state index is 0.162. The van der Waals surface area contributed by atoms with E-state index in [2.05, 4.69) is 47.3 Å². The lowest BCUT2D eigenvalue weighted by atomic mass is 9.83. The zero-order valence-corrected chi connectivity index (χ0v) is 23.5. The van der Waals surface area contributed by atoms with Gasteiger partial charge in [-0.15, -0.1) is 5.10 Å². The van der Waals surface area contributed by atoms with Gasteiger partial charge in [-0.05, 0) is 69.9 Å². The highest BCUT2D eigenvalue weighted by Crippen LogP contribution is 2.40. The Morgan fingerprint density at radius 2 is 1.97 bits per heavy atom. The number of fused-ring (bicyclic) bond motifs is 1. The molecule has 7 heteroatoms. The second-order valence-electron chi connectivity index (χ2n) is 11.7. The number of allylic oxidation sites excluding steroid dienone is 3. The molecular formula is C31H47N5O2. The highest BCUT2D eigenvalue weighted by atomic mass is 16.5. The number of aliphatic hydroxyl groups excluding tert-OH is 1. The molecule has 0 amide bonds. The number of morpholine rings is 1. The minimum atomic E-state index is -0.162. The fourth-order valence-electron chi connectivity index (χ4n) is 6.48. The SMILES string of the molecule is C=C([C@@H]1CC=C(c2cc(C3CCC(O)CC3)n3nc(N[C@@H](C)CCCCC)ncc23)CC1)N1CCOCC1. The third-order valence-corrected chi connectivity index (χ3v) is 8.92. The van der Waals surface area contributed by atoms with Crippen molar-refractivity contribution in [3.63, 3.8) is 0 Å². The molecule has 1 saturated heterocycles. The van der Waals surface area contributed by atoms with Crippen molar-refractivity contribution in [2.75, 3.05) is 31.6 Å². The van der Waals surface area contributed by atoms with Crippen LogP contribution in [0, 0.1) is 5.92 Å². The van der Waals surface area contributed by atoms with Crippen LogP contribution in [0.2, 0.25) is 0 Å². The van der Waals surface area contributed by atoms with Crippen molar-refractivity contribution in [2.45, 2.75) is 103 Å². The first-order valence-corrected chi connectivity index (χ1v) is 15.1. The van der Waals surface area contributed by atoms with Crippen LogP contribution in [-0.2, 0) is 4.74 Å². The molecule has 0 bridgehead atoms. The number of aromatic nitrogens is 3. The maximum absolute atomic E-state index is 10.1. The lowest BCUT2D eigenvalue weighted by molar-refractivity contribution is 0.0484. The molecule has 1 aliphatic heterocycles. The molecule has 7 nitrogen and oxygen atoms in total. The lowest BCUT2D eigenvalue weighted by Crippen LogP contribution is -2.37. The molecular weight excluding hydrogens is 474 g/mol. The summed E-state index contributed by atoms with van der Waals surface area (Å²) < 4.78 is 7.69. The second-order valence-corrected chi connectivity index (χ2v) is 11.7. The third kappa shape index (κ3) is 6.26. The van der Waals surface area contributed by atoms with Crippen LogP contribution in [0.25, 0.3) is 11.1 Å². The van der Waals surface area contributed by atoms with E-state index in [0.29, 0.717) is 23.8 Å². The van der Waals surface area contributed by atoms with Crippen LogP contribution >= 0.6 is 0 Å². The lowest BCUT2D eigenvalue weighted by Gasteiger charge is -2.35. The Morgan fingerprint density at radius 3 is 2.68 bits per heavy atom. The zero-order chi connectivity index (χ0) is 26.5. The van der Waals surface area contributed by atoms with Crippen LogP contribution in [0.1, 0.15) is 102 Å². The van der Waals surface area contributed by atoms with Gasteiger partial charge >= 0.3 is 0 Å². The van der Waals surface area contributed by atoms with Gasteiger partial charge in [-0.1, -0.05) is 38.8 Å². The maximum atomic E-state index is 10.1. The third-order valence-electron chi connectivity index (χ3n) is 8.92. The molecule has 5 rings (SSSR count). The Labute approximate surface area is 228 Å². The Balaban J connectivity index is 1.38. The minimum Gasteiger partial charge on any atom is -0.393 e. The van der Waals surface area contributed by atoms with E-state index in [4.69, 9.17) is 14.8 Å². The number of rotatable bonds is 10. The van der Waals surface area contributed by atoms with Crippen molar-refractivity contribution in [3.8, 4) is 0 Å². The fourth-order valence-corrected chi connectivity index (χ4v) is 6.48. The van der Waals surface area contributed by atoms with Crippen molar-refractivity contribution in [1.29, 1.82) is 0 Å². The van der Waals surface area contributed by atoms with Gasteiger partial charge in [0.15, 0.2) is 0 Å². The molecule has 2 aromatic rings. The van der Waals surface area contributed by atoms with E-state index < -0.39 is 0 Å². The molecule has 208 valence electrons. The molecule has 3 aliphatic rings. The number of aliphatic hydroxyl groups is 1. The zero-order valence-electron chi connectivity index (χ0n) is 23.5. The summed E-state index contributed by atoms with van der Waals surface area (Å²) in [5, 5.41) is 18.7. The van der Waals surface area contributed by atoms with Crippen molar-refractivity contribution in [3.05, 3.63) is 41.9 Å². The molecule has 0 radical (unpaired) electrons. The number of anilines is 1. The molecule has 3 heterocycles. The van der Waals surface area contributed by atoms with Gasteiger partial charge < -0.3 is 20.1 Å². The van der Waals surface area contributed by atoms with E-state index >= 15 is 0 Å². The Kier molecular flexibility index (Phi) is 9.05. The molecule has 38 heavy (non-hydrogen) atoms. The molecule has 0 unspecified atom stereocenters. The monoisotopic (exact) mass is 521 g/mol. The van der Waals surface area contributed by atoms with Gasteiger partial charge in [0, 0.05) is 47.9 Å². The number of hydrogen-bond acceptors (Lipinski definition) is 6. The van der Waals surface area contributed by atoms with Crippen molar-refractivity contribution < 1.29 is 9.84 Å². The Hall–Kier alpha value is -2.38. The molecule has 2 atom stereocenters. The molecule has 0 aromatic carbocycles. The number of hydrogen-bond donors (Lipinski definition) is 2. The predicted molar refractivity (Wildman–Crippen MR) is 154 cm³/mol. The molecule has 2 fully saturated rings. The first-order chi connectivity index (χ1) is 18.5. The van der Waals surface area contributed by atoms with Crippen molar-refractivity contribution in [1.82, 2.24) is 19.5 Å². The first-order valence-electron chi connectivity index (χ1n) is 15.1. The van der Waals surface area contributed by atoms with E-state index in [1.807, 2.05) is 6.20 Å². The summed E-state index contributed by atoms with van der Waals surface area (Å²) in [6, 6.07) is 2.73. The van der Waals surface area contributed by atoms with Gasteiger partial charge in [-0.25, -0.2) is 9.50 Å². The molecule has 1 saturated carbocycles. The van der Waals surface area contributed by atoms with Gasteiger partial charge in [0.05, 0.1) is 31.0 Å². The number of ether oxygens (including phenoxy) is 1. The summed E-state index contributed by atoms with van der Waals surface area (Å²) in [6.07, 6.45) is 16.1. The first kappa shape index (κ1) is 27.2. The normalized spacial score (nSPS) is 25.3. The summed E-state index contributed by atoms with van der Waals surface area (Å²) in [5.74, 6) is 1.63. The quantitative estimate of drug-likeness (QED) is 0.365. The van der Waals surface area contributed by atoms with Crippen LogP contribution in [0.5, 0.6) is 0 Å². The van der Waals surface area contributed by atoms with Crippen LogP contribution in [0.3, 0.4) is 0 Å². The smallest absolute Gasteiger partial charge is 0.241 e. The Bertz CT molecular complexity index is 1110. The van der Waals surface area contributed by atoms with Crippen LogP contribution < -0.4 is 5.32 Å². The van der Waals surface area contributed by atoms with Crippen LogP contribution in [0.15, 0.2) is 30.6 Å². The summed E-state index contributed by atoms with van der Waals surface area (Å²) in [4.78, 5) is 7.18. The fraction of sp³-hybridized carbons (Fsp3) is 0.677. The summed E-state index contributed by atoms with van der Waals surface area (Å²) in [7, 11) is 0. The van der Waals surface area contributed by atoms with Crippen molar-refractivity contribution in [2.24, 2.45) is 5.92 Å². The molecule has 0 spiro atoms. The maximum Gasteiger partial charge on any atom is 0.241 e. The topological polar surface area (TPSA) is 74.9 Å². The average molecular weight is 522 g/mol. The largest absolute Gasteiger partial charge is 0.393 e. The molecule has 2 N–H and O–H groups in total.